The molecule has 0 fully saturated rings. The van der Waals surface area contributed by atoms with Crippen LogP contribution in [0.2, 0.25) is 0 Å². The van der Waals surface area contributed by atoms with E-state index in [1.54, 1.807) is 0 Å². The number of hydrogen-bond donors (Lipinski definition) is 1. The van der Waals surface area contributed by atoms with Crippen LogP contribution in [0.5, 0.6) is 0 Å². The van der Waals surface area contributed by atoms with Gasteiger partial charge in [0.25, 0.3) is 0 Å². The molecule has 1 N–H and O–H groups in total. The van der Waals surface area contributed by atoms with Gasteiger partial charge in [0.1, 0.15) is 0 Å². The highest BCUT2D eigenvalue weighted by Crippen LogP contribution is 2.02. The van der Waals surface area contributed by atoms with Gasteiger partial charge in [-0.3, -0.25) is 0 Å². The fourth-order valence-electron chi connectivity index (χ4n) is 1.60. The largest absolute Gasteiger partial charge is 0.379 e. The lowest BCUT2D eigenvalue weighted by molar-refractivity contribution is 0.0506. The van der Waals surface area contributed by atoms with Crippen molar-refractivity contribution < 1.29 is 9.47 Å². The van der Waals surface area contributed by atoms with Gasteiger partial charge in [-0.25, -0.2) is 0 Å². The van der Waals surface area contributed by atoms with E-state index in [1.807, 2.05) is 6.92 Å². The van der Waals surface area contributed by atoms with E-state index < -0.39 is 0 Å². The Morgan fingerprint density at radius 1 is 1.00 bits per heavy atom. The first-order valence-electron chi connectivity index (χ1n) is 6.73. The molecule has 0 aliphatic rings. The molecule has 0 aliphatic carbocycles. The third-order valence-electron chi connectivity index (χ3n) is 2.59. The molecule has 0 aromatic rings. The van der Waals surface area contributed by atoms with Crippen LogP contribution in [-0.2, 0) is 9.47 Å². The summed E-state index contributed by atoms with van der Waals surface area (Å²) in [5, 5.41) is 3.55. The van der Waals surface area contributed by atoms with Gasteiger partial charge in [0.15, 0.2) is 0 Å². The van der Waals surface area contributed by atoms with E-state index in [0.717, 1.165) is 39.4 Å². The summed E-state index contributed by atoms with van der Waals surface area (Å²) in [7, 11) is 0. The topological polar surface area (TPSA) is 30.5 Å². The van der Waals surface area contributed by atoms with Crippen LogP contribution in [0.3, 0.4) is 0 Å². The van der Waals surface area contributed by atoms with Crippen LogP contribution in [0, 0.1) is 0 Å². The summed E-state index contributed by atoms with van der Waals surface area (Å²) in [5.74, 6) is 0. The summed E-state index contributed by atoms with van der Waals surface area (Å²) >= 11 is 0. The van der Waals surface area contributed by atoms with Crippen LogP contribution >= 0.6 is 0 Å². The van der Waals surface area contributed by atoms with Crippen molar-refractivity contribution >= 4 is 0 Å². The molecule has 0 aromatic carbocycles. The number of ether oxygens (including phenoxy) is 2. The molecule has 0 rings (SSSR count). The van der Waals surface area contributed by atoms with E-state index in [1.165, 1.54) is 19.3 Å². The van der Waals surface area contributed by atoms with Crippen molar-refractivity contribution in [1.29, 1.82) is 0 Å². The minimum Gasteiger partial charge on any atom is -0.379 e. The molecule has 0 saturated heterocycles. The van der Waals surface area contributed by atoms with Gasteiger partial charge in [-0.15, -0.1) is 0 Å². The molecule has 0 aromatic heterocycles. The molecule has 98 valence electrons. The van der Waals surface area contributed by atoms with E-state index in [0.29, 0.717) is 6.04 Å². The smallest absolute Gasteiger partial charge is 0.0700 e. The normalized spacial score (nSPS) is 12.9. The number of rotatable bonds is 12. The summed E-state index contributed by atoms with van der Waals surface area (Å²) in [6.45, 7) is 10.7. The fraction of sp³-hybridized carbons (Fsp3) is 1.00. The van der Waals surface area contributed by atoms with Crippen LogP contribution in [-0.4, -0.2) is 39.0 Å². The SMILES string of the molecule is CCCNC(CC)CCCOCCOCC. The van der Waals surface area contributed by atoms with E-state index in [4.69, 9.17) is 9.47 Å². The first kappa shape index (κ1) is 15.9. The molecule has 0 aliphatic heterocycles. The fourth-order valence-corrected chi connectivity index (χ4v) is 1.60. The summed E-state index contributed by atoms with van der Waals surface area (Å²) < 4.78 is 10.7. The van der Waals surface area contributed by atoms with E-state index in [9.17, 15) is 0 Å². The highest BCUT2D eigenvalue weighted by Gasteiger charge is 2.03. The van der Waals surface area contributed by atoms with Crippen molar-refractivity contribution in [2.75, 3.05) is 33.0 Å². The van der Waals surface area contributed by atoms with Gasteiger partial charge in [-0.1, -0.05) is 13.8 Å². The van der Waals surface area contributed by atoms with E-state index >= 15 is 0 Å². The Morgan fingerprint density at radius 2 is 1.75 bits per heavy atom. The predicted octanol–water partition coefficient (Wildman–Crippen LogP) is 2.60. The maximum atomic E-state index is 5.48. The summed E-state index contributed by atoms with van der Waals surface area (Å²) in [5.41, 5.74) is 0. The average Bonchev–Trinajstić information content (AvgIpc) is 2.32. The second-order valence-electron chi connectivity index (χ2n) is 4.01. The minimum atomic E-state index is 0.662. The first-order chi connectivity index (χ1) is 7.85. The summed E-state index contributed by atoms with van der Waals surface area (Å²) in [6, 6.07) is 0.662. The van der Waals surface area contributed by atoms with Crippen LogP contribution in [0.4, 0.5) is 0 Å². The first-order valence-corrected chi connectivity index (χ1v) is 6.73. The molecular formula is C13H29NO2. The Morgan fingerprint density at radius 3 is 2.38 bits per heavy atom. The molecule has 3 heteroatoms. The number of nitrogens with one attached hydrogen (secondary N) is 1. The Hall–Kier alpha value is -0.120. The maximum absolute atomic E-state index is 5.48. The number of hydrogen-bond acceptors (Lipinski definition) is 3. The van der Waals surface area contributed by atoms with Gasteiger partial charge >= 0.3 is 0 Å². The molecule has 1 atom stereocenters. The monoisotopic (exact) mass is 231 g/mol. The second kappa shape index (κ2) is 12.9. The van der Waals surface area contributed by atoms with Crippen LogP contribution in [0.15, 0.2) is 0 Å². The predicted molar refractivity (Wildman–Crippen MR) is 68.9 cm³/mol. The molecule has 0 saturated carbocycles. The standard InChI is InChI=1S/C13H29NO2/c1-4-9-14-13(5-2)8-7-10-16-12-11-15-6-3/h13-14H,4-12H2,1-3H3. The lowest BCUT2D eigenvalue weighted by Gasteiger charge is -2.16. The van der Waals surface area contributed by atoms with Crippen molar-refractivity contribution in [2.24, 2.45) is 0 Å². The third-order valence-corrected chi connectivity index (χ3v) is 2.59. The Balaban J connectivity index is 3.20. The van der Waals surface area contributed by atoms with E-state index in [-0.39, 0.29) is 0 Å². The molecule has 16 heavy (non-hydrogen) atoms. The van der Waals surface area contributed by atoms with Crippen LogP contribution in [0.25, 0.3) is 0 Å². The van der Waals surface area contributed by atoms with Crippen molar-refractivity contribution in [2.45, 2.75) is 52.5 Å². The van der Waals surface area contributed by atoms with Gasteiger partial charge in [-0.05, 0) is 39.2 Å². The van der Waals surface area contributed by atoms with Gasteiger partial charge in [0.2, 0.25) is 0 Å². The molecule has 0 heterocycles. The summed E-state index contributed by atoms with van der Waals surface area (Å²) in [6.07, 6.45) is 4.77. The third kappa shape index (κ3) is 10.4. The summed E-state index contributed by atoms with van der Waals surface area (Å²) in [4.78, 5) is 0. The zero-order chi connectivity index (χ0) is 12.1. The highest BCUT2D eigenvalue weighted by atomic mass is 16.5. The van der Waals surface area contributed by atoms with Gasteiger partial charge in [-0.2, -0.15) is 0 Å². The quantitative estimate of drug-likeness (QED) is 0.524. The van der Waals surface area contributed by atoms with Crippen molar-refractivity contribution in [3.05, 3.63) is 0 Å². The Labute approximate surface area is 101 Å². The highest BCUT2D eigenvalue weighted by molar-refractivity contribution is 4.63. The van der Waals surface area contributed by atoms with Crippen LogP contribution < -0.4 is 5.32 Å². The van der Waals surface area contributed by atoms with Crippen molar-refractivity contribution in [3.63, 3.8) is 0 Å². The van der Waals surface area contributed by atoms with Gasteiger partial charge < -0.3 is 14.8 Å². The Bertz CT molecular complexity index is 131. The zero-order valence-electron chi connectivity index (χ0n) is 11.3. The Kier molecular flexibility index (Phi) is 12.9. The van der Waals surface area contributed by atoms with Crippen LogP contribution in [0.1, 0.15) is 46.5 Å². The molecule has 0 spiro atoms. The second-order valence-corrected chi connectivity index (χ2v) is 4.01. The lowest BCUT2D eigenvalue weighted by Crippen LogP contribution is -2.29. The van der Waals surface area contributed by atoms with Gasteiger partial charge in [0, 0.05) is 19.3 Å². The van der Waals surface area contributed by atoms with Crippen molar-refractivity contribution in [3.8, 4) is 0 Å². The lowest BCUT2D eigenvalue weighted by atomic mass is 10.1. The molecule has 0 radical (unpaired) electrons. The molecule has 1 unspecified atom stereocenters. The zero-order valence-corrected chi connectivity index (χ0v) is 11.3. The molecular weight excluding hydrogens is 202 g/mol. The maximum Gasteiger partial charge on any atom is 0.0700 e. The minimum absolute atomic E-state index is 0.662. The van der Waals surface area contributed by atoms with Gasteiger partial charge in [0.05, 0.1) is 13.2 Å². The average molecular weight is 231 g/mol. The van der Waals surface area contributed by atoms with E-state index in [2.05, 4.69) is 19.2 Å². The molecule has 0 bridgehead atoms. The van der Waals surface area contributed by atoms with Crippen molar-refractivity contribution in [1.82, 2.24) is 5.32 Å². The molecule has 3 nitrogen and oxygen atoms in total. The molecule has 0 amide bonds.